The van der Waals surface area contributed by atoms with Gasteiger partial charge in [-0.25, -0.2) is 14.3 Å². The molecule has 0 aliphatic rings. The molecule has 0 radical (unpaired) electrons. The Balaban J connectivity index is 2.01. The van der Waals surface area contributed by atoms with Crippen LogP contribution in [0.1, 0.15) is 11.1 Å². The first-order valence-electron chi connectivity index (χ1n) is 7.78. The second-order valence-electron chi connectivity index (χ2n) is 6.08. The van der Waals surface area contributed by atoms with Crippen LogP contribution >= 0.6 is 0 Å². The van der Waals surface area contributed by atoms with Crippen molar-refractivity contribution in [2.75, 3.05) is 5.32 Å². The lowest BCUT2D eigenvalue weighted by atomic mass is 10.1. The zero-order chi connectivity index (χ0) is 18.3. The number of hydrogen-bond acceptors (Lipinski definition) is 4. The lowest BCUT2D eigenvalue weighted by Crippen LogP contribution is -2.42. The number of aromatic nitrogens is 4. The third kappa shape index (κ3) is 2.75. The molecule has 0 bridgehead atoms. The van der Waals surface area contributed by atoms with E-state index in [0.29, 0.717) is 11.3 Å². The molecule has 0 aliphatic carbocycles. The highest BCUT2D eigenvalue weighted by Gasteiger charge is 2.17. The quantitative estimate of drug-likeness (QED) is 0.759. The van der Waals surface area contributed by atoms with Gasteiger partial charge in [-0.15, -0.1) is 0 Å². The highest BCUT2D eigenvalue weighted by molar-refractivity contribution is 5.92. The van der Waals surface area contributed by atoms with Crippen molar-refractivity contribution in [2.24, 2.45) is 14.1 Å². The molecule has 2 aromatic heterocycles. The van der Waals surface area contributed by atoms with Crippen LogP contribution in [-0.2, 0) is 25.4 Å². The van der Waals surface area contributed by atoms with Gasteiger partial charge in [0.2, 0.25) is 5.91 Å². The minimum absolute atomic E-state index is 0.280. The van der Waals surface area contributed by atoms with Gasteiger partial charge >= 0.3 is 5.69 Å². The Morgan fingerprint density at radius 1 is 1.16 bits per heavy atom. The summed E-state index contributed by atoms with van der Waals surface area (Å²) in [5.74, 6) is -0.432. The van der Waals surface area contributed by atoms with Crippen LogP contribution in [0.5, 0.6) is 0 Å². The Morgan fingerprint density at radius 3 is 2.44 bits per heavy atom. The van der Waals surface area contributed by atoms with Gasteiger partial charge in [0.1, 0.15) is 6.54 Å². The maximum absolute atomic E-state index is 12.6. The van der Waals surface area contributed by atoms with Gasteiger partial charge in [-0.1, -0.05) is 18.2 Å². The summed E-state index contributed by atoms with van der Waals surface area (Å²) in [5.41, 5.74) is 1.99. The molecule has 3 aromatic rings. The molecule has 0 fully saturated rings. The Morgan fingerprint density at radius 2 is 1.80 bits per heavy atom. The highest BCUT2D eigenvalue weighted by Crippen LogP contribution is 2.19. The van der Waals surface area contributed by atoms with Crippen LogP contribution in [0.25, 0.3) is 11.2 Å². The fraction of sp³-hybridized carbons (Fsp3) is 0.294. The molecule has 8 nitrogen and oxygen atoms in total. The number of nitrogens with one attached hydrogen (secondary N) is 1. The minimum Gasteiger partial charge on any atom is -0.328 e. The fourth-order valence-corrected chi connectivity index (χ4v) is 2.87. The van der Waals surface area contributed by atoms with Crippen molar-refractivity contribution in [1.29, 1.82) is 0 Å². The first-order chi connectivity index (χ1) is 11.8. The Labute approximate surface area is 143 Å². The largest absolute Gasteiger partial charge is 0.332 e. The van der Waals surface area contributed by atoms with Crippen molar-refractivity contribution in [3.05, 3.63) is 56.5 Å². The van der Waals surface area contributed by atoms with E-state index in [0.717, 1.165) is 15.7 Å². The lowest BCUT2D eigenvalue weighted by molar-refractivity contribution is -0.116. The van der Waals surface area contributed by atoms with Crippen LogP contribution in [0.3, 0.4) is 0 Å². The predicted molar refractivity (Wildman–Crippen MR) is 94.8 cm³/mol. The van der Waals surface area contributed by atoms with Crippen molar-refractivity contribution in [3.8, 4) is 0 Å². The Bertz CT molecular complexity index is 1080. The summed E-state index contributed by atoms with van der Waals surface area (Å²) >= 11 is 0. The molecule has 0 saturated carbocycles. The SMILES string of the molecule is Cc1cccc(C)c1NC(=O)Cn1c(=O)c2c(ncn2C)n(C)c1=O. The normalized spacial score (nSPS) is 11.0. The number of amides is 1. The number of nitrogens with zero attached hydrogens (tertiary/aromatic N) is 4. The van der Waals surface area contributed by atoms with Crippen molar-refractivity contribution in [3.63, 3.8) is 0 Å². The van der Waals surface area contributed by atoms with E-state index < -0.39 is 17.2 Å². The number of imidazole rings is 1. The van der Waals surface area contributed by atoms with Crippen molar-refractivity contribution >= 4 is 22.8 Å². The van der Waals surface area contributed by atoms with Crippen LogP contribution in [0.4, 0.5) is 5.69 Å². The Kier molecular flexibility index (Phi) is 4.03. The number of anilines is 1. The first kappa shape index (κ1) is 16.7. The van der Waals surface area contributed by atoms with Gasteiger partial charge in [0, 0.05) is 19.8 Å². The molecule has 0 atom stereocenters. The summed E-state index contributed by atoms with van der Waals surface area (Å²) in [6.45, 7) is 3.41. The molecule has 0 spiro atoms. The van der Waals surface area contributed by atoms with Crippen LogP contribution in [0, 0.1) is 13.8 Å². The summed E-state index contributed by atoms with van der Waals surface area (Å²) in [6, 6.07) is 5.67. The fourth-order valence-electron chi connectivity index (χ4n) is 2.87. The summed E-state index contributed by atoms with van der Waals surface area (Å²) < 4.78 is 3.73. The molecule has 0 unspecified atom stereocenters. The van der Waals surface area contributed by atoms with E-state index in [4.69, 9.17) is 0 Å². The molecule has 1 aromatic carbocycles. The van der Waals surface area contributed by atoms with Gasteiger partial charge in [0.05, 0.1) is 6.33 Å². The van der Waals surface area contributed by atoms with Gasteiger partial charge < -0.3 is 9.88 Å². The number of aryl methyl sites for hydroxylation is 4. The van der Waals surface area contributed by atoms with E-state index in [1.165, 1.54) is 22.5 Å². The number of fused-ring (bicyclic) bond motifs is 1. The molecule has 0 aliphatic heterocycles. The smallest absolute Gasteiger partial charge is 0.328 e. The molecule has 8 heteroatoms. The maximum Gasteiger partial charge on any atom is 0.332 e. The van der Waals surface area contributed by atoms with E-state index in [2.05, 4.69) is 10.3 Å². The van der Waals surface area contributed by atoms with Gasteiger partial charge in [-0.05, 0) is 25.0 Å². The topological polar surface area (TPSA) is 90.9 Å². The number of carbonyl (C=O) groups is 1. The van der Waals surface area contributed by atoms with Crippen molar-refractivity contribution in [2.45, 2.75) is 20.4 Å². The monoisotopic (exact) mass is 341 g/mol. The molecule has 3 rings (SSSR count). The lowest BCUT2D eigenvalue weighted by Gasteiger charge is -2.12. The summed E-state index contributed by atoms with van der Waals surface area (Å²) in [7, 11) is 3.19. The average molecular weight is 341 g/mol. The van der Waals surface area contributed by atoms with E-state index in [1.807, 2.05) is 32.0 Å². The third-order valence-corrected chi connectivity index (χ3v) is 4.25. The standard InChI is InChI=1S/C17H19N5O3/c1-10-6-5-7-11(2)13(10)19-12(23)8-22-16(24)14-15(18-9-20(14)3)21(4)17(22)25/h5-7,9H,8H2,1-4H3,(H,19,23). The number of rotatable bonds is 3. The van der Waals surface area contributed by atoms with Gasteiger partial charge in [0.25, 0.3) is 5.56 Å². The number of carbonyl (C=O) groups excluding carboxylic acids is 1. The third-order valence-electron chi connectivity index (χ3n) is 4.25. The van der Waals surface area contributed by atoms with Crippen LogP contribution in [-0.4, -0.2) is 24.6 Å². The summed E-state index contributed by atoms with van der Waals surface area (Å²) in [4.78, 5) is 41.5. The molecule has 2 heterocycles. The van der Waals surface area contributed by atoms with E-state index >= 15 is 0 Å². The van der Waals surface area contributed by atoms with E-state index in [9.17, 15) is 14.4 Å². The first-order valence-corrected chi connectivity index (χ1v) is 7.78. The van der Waals surface area contributed by atoms with Crippen LogP contribution in [0.15, 0.2) is 34.1 Å². The second kappa shape index (κ2) is 6.04. The predicted octanol–water partition coefficient (Wildman–Crippen LogP) is 0.689. The molecule has 130 valence electrons. The molecule has 1 N–H and O–H groups in total. The molecular formula is C17H19N5O3. The molecule has 1 amide bonds. The van der Waals surface area contributed by atoms with E-state index in [-0.39, 0.29) is 12.1 Å². The van der Waals surface area contributed by atoms with Crippen LogP contribution in [0.2, 0.25) is 0 Å². The summed E-state index contributed by atoms with van der Waals surface area (Å²) in [5, 5.41) is 2.79. The molecular weight excluding hydrogens is 322 g/mol. The highest BCUT2D eigenvalue weighted by atomic mass is 16.2. The van der Waals surface area contributed by atoms with Crippen molar-refractivity contribution < 1.29 is 4.79 Å². The van der Waals surface area contributed by atoms with E-state index in [1.54, 1.807) is 7.05 Å². The summed E-state index contributed by atoms with van der Waals surface area (Å²) in [6.07, 6.45) is 1.46. The molecule has 25 heavy (non-hydrogen) atoms. The molecule has 0 saturated heterocycles. The minimum atomic E-state index is -0.576. The number of benzene rings is 1. The second-order valence-corrected chi connectivity index (χ2v) is 6.08. The average Bonchev–Trinajstić information content (AvgIpc) is 2.95. The number of para-hydroxylation sites is 1. The van der Waals surface area contributed by atoms with Gasteiger partial charge in [-0.3, -0.25) is 14.2 Å². The maximum atomic E-state index is 12.6. The zero-order valence-electron chi connectivity index (χ0n) is 14.5. The Hall–Kier alpha value is -3.16. The van der Waals surface area contributed by atoms with Crippen molar-refractivity contribution in [1.82, 2.24) is 18.7 Å². The van der Waals surface area contributed by atoms with Gasteiger partial charge in [0.15, 0.2) is 11.2 Å². The zero-order valence-corrected chi connectivity index (χ0v) is 14.5. The number of hydrogen-bond donors (Lipinski definition) is 1. The van der Waals surface area contributed by atoms with Crippen LogP contribution < -0.4 is 16.6 Å². The van der Waals surface area contributed by atoms with Gasteiger partial charge in [-0.2, -0.15) is 0 Å².